The molecule has 104 valence electrons. The van der Waals surface area contributed by atoms with Gasteiger partial charge in [-0.25, -0.2) is 0 Å². The van der Waals surface area contributed by atoms with Gasteiger partial charge in [-0.1, -0.05) is 31.2 Å². The lowest BCUT2D eigenvalue weighted by molar-refractivity contribution is -0.142. The minimum atomic E-state index is -0.282. The molecule has 2 N–H and O–H groups in total. The van der Waals surface area contributed by atoms with Gasteiger partial charge in [-0.05, 0) is 36.8 Å². The van der Waals surface area contributed by atoms with Crippen molar-refractivity contribution in [1.82, 2.24) is 0 Å². The van der Waals surface area contributed by atoms with Crippen LogP contribution < -0.4 is 5.73 Å². The van der Waals surface area contributed by atoms with Crippen molar-refractivity contribution in [3.05, 3.63) is 35.4 Å². The number of carbonyl (C=O) groups is 1. The fraction of sp³-hybridized carbons (Fsp3) is 0.562. The van der Waals surface area contributed by atoms with Crippen LogP contribution in [-0.2, 0) is 14.9 Å². The monoisotopic (exact) mass is 261 g/mol. The minimum absolute atomic E-state index is 0.0692. The van der Waals surface area contributed by atoms with E-state index < -0.39 is 0 Å². The van der Waals surface area contributed by atoms with E-state index in [9.17, 15) is 4.79 Å². The summed E-state index contributed by atoms with van der Waals surface area (Å²) in [4.78, 5) is 11.8. The Labute approximate surface area is 115 Å². The molecule has 3 unspecified atom stereocenters. The van der Waals surface area contributed by atoms with Gasteiger partial charge >= 0.3 is 5.97 Å². The summed E-state index contributed by atoms with van der Waals surface area (Å²) in [6, 6.07) is 8.31. The summed E-state index contributed by atoms with van der Waals surface area (Å²) in [6.45, 7) is 4.23. The van der Waals surface area contributed by atoms with Crippen molar-refractivity contribution in [2.24, 2.45) is 5.73 Å². The fourth-order valence-corrected chi connectivity index (χ4v) is 3.29. The molecule has 0 fully saturated rings. The molecule has 1 aliphatic carbocycles. The topological polar surface area (TPSA) is 52.3 Å². The molecule has 0 aromatic heterocycles. The highest BCUT2D eigenvalue weighted by Gasteiger charge is 2.43. The van der Waals surface area contributed by atoms with E-state index >= 15 is 0 Å². The third kappa shape index (κ3) is 2.39. The molecule has 3 heteroatoms. The Morgan fingerprint density at radius 2 is 2.21 bits per heavy atom. The maximum Gasteiger partial charge on any atom is 0.306 e. The van der Waals surface area contributed by atoms with Gasteiger partial charge in [-0.2, -0.15) is 0 Å². The van der Waals surface area contributed by atoms with Crippen molar-refractivity contribution >= 4 is 5.97 Å². The second-order valence-electron chi connectivity index (χ2n) is 5.72. The first-order valence-electron chi connectivity index (χ1n) is 6.93. The van der Waals surface area contributed by atoms with Gasteiger partial charge in [0, 0.05) is 11.5 Å². The van der Waals surface area contributed by atoms with Crippen LogP contribution >= 0.6 is 0 Å². The van der Waals surface area contributed by atoms with Gasteiger partial charge in [0.2, 0.25) is 0 Å². The second kappa shape index (κ2) is 5.33. The van der Waals surface area contributed by atoms with Crippen LogP contribution in [0.4, 0.5) is 0 Å². The Hall–Kier alpha value is -1.35. The van der Waals surface area contributed by atoms with Gasteiger partial charge in [0.05, 0.1) is 13.5 Å². The molecule has 0 saturated carbocycles. The van der Waals surface area contributed by atoms with Crippen molar-refractivity contribution in [2.45, 2.75) is 50.5 Å². The first-order chi connectivity index (χ1) is 9.01. The smallest absolute Gasteiger partial charge is 0.306 e. The van der Waals surface area contributed by atoms with E-state index in [0.717, 1.165) is 12.8 Å². The molecule has 3 atom stereocenters. The molecule has 1 aliphatic rings. The van der Waals surface area contributed by atoms with Crippen LogP contribution in [-0.4, -0.2) is 19.1 Å². The number of ether oxygens (including phenoxy) is 1. The van der Waals surface area contributed by atoms with Gasteiger partial charge in [-0.15, -0.1) is 0 Å². The zero-order valence-electron chi connectivity index (χ0n) is 12.0. The van der Waals surface area contributed by atoms with E-state index in [1.807, 2.05) is 13.0 Å². The summed E-state index contributed by atoms with van der Waals surface area (Å²) >= 11 is 0. The zero-order valence-corrected chi connectivity index (χ0v) is 12.0. The highest BCUT2D eigenvalue weighted by molar-refractivity contribution is 5.72. The summed E-state index contributed by atoms with van der Waals surface area (Å²) in [7, 11) is 1.44. The van der Waals surface area contributed by atoms with Crippen LogP contribution in [0.1, 0.15) is 50.2 Å². The first-order valence-corrected chi connectivity index (χ1v) is 6.93. The SMILES string of the molecule is COC(=O)CC1(C(C)N)CCC(C)c2ccccc21. The zero-order chi connectivity index (χ0) is 14.0. The van der Waals surface area contributed by atoms with Crippen LogP contribution in [0, 0.1) is 0 Å². The van der Waals surface area contributed by atoms with Crippen molar-refractivity contribution < 1.29 is 9.53 Å². The molecule has 0 spiro atoms. The van der Waals surface area contributed by atoms with Crippen molar-refractivity contribution in [1.29, 1.82) is 0 Å². The molecule has 0 amide bonds. The summed E-state index contributed by atoms with van der Waals surface area (Å²) < 4.78 is 4.88. The lowest BCUT2D eigenvalue weighted by atomic mass is 9.62. The first kappa shape index (κ1) is 14.1. The molecule has 1 aromatic carbocycles. The number of carbonyl (C=O) groups excluding carboxylic acids is 1. The van der Waals surface area contributed by atoms with E-state index in [2.05, 4.69) is 25.1 Å². The summed E-state index contributed by atoms with van der Waals surface area (Å²) in [5.74, 6) is 0.349. The number of esters is 1. The van der Waals surface area contributed by atoms with E-state index in [4.69, 9.17) is 10.5 Å². The Kier molecular flexibility index (Phi) is 3.95. The number of fused-ring (bicyclic) bond motifs is 1. The lowest BCUT2D eigenvalue weighted by Crippen LogP contribution is -2.47. The summed E-state index contributed by atoms with van der Waals surface area (Å²) in [5, 5.41) is 0. The Bertz CT molecular complexity index is 470. The predicted octanol–water partition coefficient (Wildman–Crippen LogP) is 2.73. The quantitative estimate of drug-likeness (QED) is 0.851. The van der Waals surface area contributed by atoms with Crippen LogP contribution in [0.5, 0.6) is 0 Å². The Morgan fingerprint density at radius 3 is 2.84 bits per heavy atom. The van der Waals surface area contributed by atoms with Crippen molar-refractivity contribution in [2.75, 3.05) is 7.11 Å². The maximum absolute atomic E-state index is 11.8. The largest absolute Gasteiger partial charge is 0.469 e. The van der Waals surface area contributed by atoms with Gasteiger partial charge < -0.3 is 10.5 Å². The van der Waals surface area contributed by atoms with Crippen LogP contribution in [0.15, 0.2) is 24.3 Å². The average Bonchev–Trinajstić information content (AvgIpc) is 2.42. The highest BCUT2D eigenvalue weighted by Crippen LogP contribution is 2.46. The number of nitrogens with two attached hydrogens (primary N) is 1. The number of methoxy groups -OCH3 is 1. The molecule has 0 bridgehead atoms. The molecule has 2 rings (SSSR count). The van der Waals surface area contributed by atoms with Gasteiger partial charge in [0.15, 0.2) is 0 Å². The molecule has 0 aliphatic heterocycles. The van der Waals surface area contributed by atoms with Crippen LogP contribution in [0.3, 0.4) is 0 Å². The Balaban J connectivity index is 2.50. The number of rotatable bonds is 3. The average molecular weight is 261 g/mol. The third-order valence-electron chi connectivity index (χ3n) is 4.61. The predicted molar refractivity (Wildman–Crippen MR) is 76.1 cm³/mol. The molecule has 19 heavy (non-hydrogen) atoms. The van der Waals surface area contributed by atoms with Crippen LogP contribution in [0.2, 0.25) is 0 Å². The van der Waals surface area contributed by atoms with Crippen LogP contribution in [0.25, 0.3) is 0 Å². The molecular weight excluding hydrogens is 238 g/mol. The van der Waals surface area contributed by atoms with E-state index in [1.54, 1.807) is 0 Å². The summed E-state index contributed by atoms with van der Waals surface area (Å²) in [5.41, 5.74) is 8.54. The number of benzene rings is 1. The highest BCUT2D eigenvalue weighted by atomic mass is 16.5. The van der Waals surface area contributed by atoms with Crippen molar-refractivity contribution in [3.63, 3.8) is 0 Å². The molecule has 1 aromatic rings. The summed E-state index contributed by atoms with van der Waals surface area (Å²) in [6.07, 6.45) is 2.37. The second-order valence-corrected chi connectivity index (χ2v) is 5.72. The van der Waals surface area contributed by atoms with E-state index in [-0.39, 0.29) is 17.4 Å². The van der Waals surface area contributed by atoms with Gasteiger partial charge in [0.1, 0.15) is 0 Å². The number of hydrogen-bond donors (Lipinski definition) is 1. The molecule has 0 saturated heterocycles. The van der Waals surface area contributed by atoms with Gasteiger partial charge in [-0.3, -0.25) is 4.79 Å². The minimum Gasteiger partial charge on any atom is -0.469 e. The normalized spacial score (nSPS) is 27.5. The standard InChI is InChI=1S/C16H23NO2/c1-11-8-9-16(12(2)17,10-15(18)19-3)14-7-5-4-6-13(11)14/h4-7,11-12H,8-10,17H2,1-3H3. The molecular formula is C16H23NO2. The fourth-order valence-electron chi connectivity index (χ4n) is 3.29. The Morgan fingerprint density at radius 1 is 1.53 bits per heavy atom. The van der Waals surface area contributed by atoms with E-state index in [0.29, 0.717) is 12.3 Å². The molecule has 3 nitrogen and oxygen atoms in total. The molecule has 0 heterocycles. The van der Waals surface area contributed by atoms with Gasteiger partial charge in [0.25, 0.3) is 0 Å². The van der Waals surface area contributed by atoms with Crippen molar-refractivity contribution in [3.8, 4) is 0 Å². The molecule has 0 radical (unpaired) electrons. The van der Waals surface area contributed by atoms with E-state index in [1.165, 1.54) is 18.2 Å². The third-order valence-corrected chi connectivity index (χ3v) is 4.61. The number of hydrogen-bond acceptors (Lipinski definition) is 3. The maximum atomic E-state index is 11.8. The lowest BCUT2D eigenvalue weighted by Gasteiger charge is -2.43.